The Hall–Kier alpha value is -0.800. The molecule has 1 N–H and O–H groups in total. The molecule has 0 aliphatic heterocycles. The van der Waals surface area contributed by atoms with Gasteiger partial charge >= 0.3 is 18.5 Å². The average molecular weight is 568 g/mol. The van der Waals surface area contributed by atoms with E-state index < -0.39 is 65.1 Å². The van der Waals surface area contributed by atoms with Crippen LogP contribution in [-0.4, -0.2) is 58.2 Å². The molecule has 15 heteroatoms. The minimum Gasteiger partial charge on any atom is -0.359 e. The van der Waals surface area contributed by atoms with E-state index in [0.29, 0.717) is 18.8 Å². The molecule has 0 aromatic carbocycles. The SMILES string of the molecule is CCC(C)S(=O)(=O)NCC(F)(F)F.COCOC(CC1CC2CC1C(C)C2C)(C(F)(F)F)C(F)(F)F. The van der Waals surface area contributed by atoms with E-state index in [1.54, 1.807) is 6.92 Å². The van der Waals surface area contributed by atoms with Gasteiger partial charge in [-0.15, -0.1) is 0 Å². The molecule has 216 valence electrons. The van der Waals surface area contributed by atoms with E-state index in [1.165, 1.54) is 11.6 Å². The minimum absolute atomic E-state index is 0.106. The molecule has 2 aliphatic rings. The average Bonchev–Trinajstić information content (AvgIpc) is 3.26. The molecule has 2 rings (SSSR count). The van der Waals surface area contributed by atoms with Gasteiger partial charge in [0.05, 0.1) is 5.25 Å². The lowest BCUT2D eigenvalue weighted by molar-refractivity contribution is -0.397. The number of hydrogen-bond donors (Lipinski definition) is 1. The monoisotopic (exact) mass is 567 g/mol. The van der Waals surface area contributed by atoms with Crippen molar-refractivity contribution >= 4 is 10.0 Å². The van der Waals surface area contributed by atoms with Crippen LogP contribution in [-0.2, 0) is 19.5 Å². The molecule has 0 amide bonds. The van der Waals surface area contributed by atoms with Crippen molar-refractivity contribution < 1.29 is 57.4 Å². The van der Waals surface area contributed by atoms with E-state index >= 15 is 0 Å². The Morgan fingerprint density at radius 1 is 0.944 bits per heavy atom. The smallest absolute Gasteiger partial charge is 0.359 e. The van der Waals surface area contributed by atoms with Crippen LogP contribution in [0.5, 0.6) is 0 Å². The molecule has 2 saturated carbocycles. The number of fused-ring (bicyclic) bond motifs is 2. The maximum atomic E-state index is 13.4. The molecule has 6 atom stereocenters. The molecule has 0 heterocycles. The topological polar surface area (TPSA) is 64.6 Å². The zero-order valence-electron chi connectivity index (χ0n) is 20.6. The minimum atomic E-state index is -5.54. The highest BCUT2D eigenvalue weighted by atomic mass is 32.2. The number of rotatable bonds is 9. The molecule has 5 nitrogen and oxygen atoms in total. The highest BCUT2D eigenvalue weighted by Crippen LogP contribution is 2.60. The lowest BCUT2D eigenvalue weighted by Crippen LogP contribution is -2.60. The van der Waals surface area contributed by atoms with Crippen LogP contribution in [0.25, 0.3) is 0 Å². The summed E-state index contributed by atoms with van der Waals surface area (Å²) in [5.74, 6) is -0.0409. The molecule has 2 aliphatic carbocycles. The highest BCUT2D eigenvalue weighted by Gasteiger charge is 2.73. The van der Waals surface area contributed by atoms with Gasteiger partial charge in [-0.3, -0.25) is 0 Å². The first-order chi connectivity index (χ1) is 16.1. The number of nitrogens with one attached hydrogen (secondary N) is 1. The van der Waals surface area contributed by atoms with Gasteiger partial charge in [0, 0.05) is 7.11 Å². The number of sulfonamides is 1. The summed E-state index contributed by atoms with van der Waals surface area (Å²) in [5.41, 5.74) is -4.16. The van der Waals surface area contributed by atoms with Crippen molar-refractivity contribution in [2.45, 2.75) is 82.8 Å². The number of alkyl halides is 9. The van der Waals surface area contributed by atoms with Crippen molar-refractivity contribution in [3.8, 4) is 0 Å². The van der Waals surface area contributed by atoms with E-state index in [9.17, 15) is 47.9 Å². The number of methoxy groups -OCH3 is 1. The molecular formula is C21H34F9NO4S. The fourth-order valence-electron chi connectivity index (χ4n) is 5.02. The maximum Gasteiger partial charge on any atom is 0.426 e. The number of halogens is 9. The first kappa shape index (κ1) is 33.2. The highest BCUT2D eigenvalue weighted by molar-refractivity contribution is 7.90. The van der Waals surface area contributed by atoms with Gasteiger partial charge in [0.1, 0.15) is 13.3 Å². The van der Waals surface area contributed by atoms with E-state index in [2.05, 4.69) is 9.47 Å². The lowest BCUT2D eigenvalue weighted by Gasteiger charge is -2.41. The van der Waals surface area contributed by atoms with E-state index in [0.717, 1.165) is 7.11 Å². The van der Waals surface area contributed by atoms with Gasteiger partial charge in [0.25, 0.3) is 5.60 Å². The van der Waals surface area contributed by atoms with Crippen LogP contribution >= 0.6 is 0 Å². The lowest BCUT2D eigenvalue weighted by atomic mass is 9.71. The molecule has 0 aromatic heterocycles. The molecule has 0 saturated heterocycles. The second-order valence-electron chi connectivity index (χ2n) is 9.65. The van der Waals surface area contributed by atoms with Crippen LogP contribution in [0, 0.1) is 29.6 Å². The Bertz CT molecular complexity index is 783. The standard InChI is InChI=1S/C15H22F6O2.C6H12F3NO2S/c1-8-9(2)12-5-10(8)4-11(12)6-13(14(16,17)18,15(19,20)21)23-7-22-3;1-3-5(2)13(11,12)10-4-6(7,8)9/h8-12H,4-7H2,1-3H3;5,10H,3-4H2,1-2H3. The van der Waals surface area contributed by atoms with Gasteiger partial charge in [-0.05, 0) is 62.2 Å². The van der Waals surface area contributed by atoms with Gasteiger partial charge in [0.2, 0.25) is 10.0 Å². The summed E-state index contributed by atoms with van der Waals surface area (Å²) in [7, 11) is -2.81. The second-order valence-corrected chi connectivity index (χ2v) is 11.8. The van der Waals surface area contributed by atoms with Crippen molar-refractivity contribution in [1.82, 2.24) is 4.72 Å². The molecular weight excluding hydrogens is 533 g/mol. The molecule has 0 radical (unpaired) electrons. The third kappa shape index (κ3) is 7.85. The zero-order valence-corrected chi connectivity index (χ0v) is 21.5. The largest absolute Gasteiger partial charge is 0.426 e. The van der Waals surface area contributed by atoms with Crippen LogP contribution in [0.4, 0.5) is 39.5 Å². The Kier molecular flexibility index (Phi) is 11.0. The number of ether oxygens (including phenoxy) is 2. The molecule has 0 aromatic rings. The van der Waals surface area contributed by atoms with Gasteiger partial charge in [0.15, 0.2) is 0 Å². The summed E-state index contributed by atoms with van der Waals surface area (Å²) in [6.45, 7) is 4.34. The fourth-order valence-corrected chi connectivity index (χ4v) is 6.10. The van der Waals surface area contributed by atoms with Gasteiger partial charge < -0.3 is 9.47 Å². The first-order valence-electron chi connectivity index (χ1n) is 11.4. The summed E-state index contributed by atoms with van der Waals surface area (Å²) in [6.07, 6.45) is -15.3. The third-order valence-corrected chi connectivity index (χ3v) is 9.44. The molecule has 6 unspecified atom stereocenters. The van der Waals surface area contributed by atoms with Gasteiger partial charge in [-0.25, -0.2) is 13.1 Å². The van der Waals surface area contributed by atoms with Crippen molar-refractivity contribution in [2.24, 2.45) is 29.6 Å². The molecule has 0 spiro atoms. The second kappa shape index (κ2) is 11.9. The quantitative estimate of drug-likeness (QED) is 0.272. The zero-order chi connectivity index (χ0) is 28.3. The Balaban J connectivity index is 0.000000426. The Morgan fingerprint density at radius 3 is 1.83 bits per heavy atom. The molecule has 36 heavy (non-hydrogen) atoms. The van der Waals surface area contributed by atoms with Crippen LogP contribution in [0.2, 0.25) is 0 Å². The van der Waals surface area contributed by atoms with Crippen molar-refractivity contribution in [3.63, 3.8) is 0 Å². The van der Waals surface area contributed by atoms with Crippen molar-refractivity contribution in [2.75, 3.05) is 20.4 Å². The fraction of sp³-hybridized carbons (Fsp3) is 1.00. The van der Waals surface area contributed by atoms with Crippen LogP contribution in [0.3, 0.4) is 0 Å². The Morgan fingerprint density at radius 2 is 1.47 bits per heavy atom. The number of hydrogen-bond acceptors (Lipinski definition) is 4. The van der Waals surface area contributed by atoms with Crippen LogP contribution < -0.4 is 4.72 Å². The maximum absolute atomic E-state index is 13.4. The van der Waals surface area contributed by atoms with Crippen molar-refractivity contribution in [1.29, 1.82) is 0 Å². The van der Waals surface area contributed by atoms with Gasteiger partial charge in [-0.2, -0.15) is 39.5 Å². The Labute approximate surface area is 205 Å². The summed E-state index contributed by atoms with van der Waals surface area (Å²) in [4.78, 5) is 0. The van der Waals surface area contributed by atoms with E-state index in [4.69, 9.17) is 0 Å². The molecule has 2 fully saturated rings. The van der Waals surface area contributed by atoms with Crippen LogP contribution in [0.1, 0.15) is 53.4 Å². The summed E-state index contributed by atoms with van der Waals surface area (Å²) in [6, 6.07) is 0. The normalized spacial score (nSPS) is 28.1. The summed E-state index contributed by atoms with van der Waals surface area (Å²) in [5, 5.41) is -0.796. The summed E-state index contributed by atoms with van der Waals surface area (Å²) < 4.78 is 147. The van der Waals surface area contributed by atoms with E-state index in [-0.39, 0.29) is 24.2 Å². The van der Waals surface area contributed by atoms with Gasteiger partial charge in [-0.1, -0.05) is 20.8 Å². The van der Waals surface area contributed by atoms with Crippen molar-refractivity contribution in [3.05, 3.63) is 0 Å². The summed E-state index contributed by atoms with van der Waals surface area (Å²) >= 11 is 0. The third-order valence-electron chi connectivity index (χ3n) is 7.50. The molecule has 2 bridgehead atoms. The van der Waals surface area contributed by atoms with E-state index in [1.807, 2.05) is 13.8 Å². The predicted molar refractivity (Wildman–Crippen MR) is 113 cm³/mol. The predicted octanol–water partition coefficient (Wildman–Crippen LogP) is 6.06. The first-order valence-corrected chi connectivity index (χ1v) is 13.0. The van der Waals surface area contributed by atoms with Crippen LogP contribution in [0.15, 0.2) is 0 Å².